The number of aryl methyl sites for hydroxylation is 2. The molecule has 0 atom stereocenters. The fraction of sp³-hybridized carbons (Fsp3) is 0.640. The zero-order valence-electron chi connectivity index (χ0n) is 20.2. The van der Waals surface area contributed by atoms with Gasteiger partial charge < -0.3 is 19.0 Å². The number of nitrogens with zero attached hydrogens (tertiary/aromatic N) is 1. The van der Waals surface area contributed by atoms with Crippen molar-refractivity contribution in [1.29, 1.82) is 0 Å². The van der Waals surface area contributed by atoms with Gasteiger partial charge in [0.25, 0.3) is 0 Å². The van der Waals surface area contributed by atoms with Crippen molar-refractivity contribution in [3.05, 3.63) is 33.8 Å². The van der Waals surface area contributed by atoms with E-state index < -0.39 is 0 Å². The molecule has 0 N–H and O–H groups in total. The molecule has 1 rings (SSSR count). The average Bonchev–Trinajstić information content (AvgIpc) is 2.73. The number of halogens is 2. The predicted octanol–water partition coefficient (Wildman–Crippen LogP) is 7.27. The summed E-state index contributed by atoms with van der Waals surface area (Å²) < 4.78 is 17.7. The Hall–Kier alpha value is -1.43. The highest BCUT2D eigenvalue weighted by Gasteiger charge is 2.11. The second kappa shape index (κ2) is 16.2. The minimum atomic E-state index is -0.263. The van der Waals surface area contributed by atoms with E-state index in [0.29, 0.717) is 19.8 Å². The lowest BCUT2D eigenvalue weighted by molar-refractivity contribution is 0.000667. The van der Waals surface area contributed by atoms with Crippen LogP contribution in [0.1, 0.15) is 71.4 Å². The molecule has 0 saturated carbocycles. The van der Waals surface area contributed by atoms with Crippen LogP contribution in [-0.2, 0) is 22.4 Å². The molecular formula is C25H39Cl2NO4. The third-order valence-corrected chi connectivity index (χ3v) is 4.80. The maximum atomic E-state index is 6.17. The van der Waals surface area contributed by atoms with Crippen molar-refractivity contribution in [2.24, 2.45) is 5.16 Å². The fourth-order valence-corrected chi connectivity index (χ4v) is 3.04. The van der Waals surface area contributed by atoms with Gasteiger partial charge in [-0.2, -0.15) is 0 Å². The SMILES string of the molecule is CCc1cc(OCC=C(Cl)Cl)cc(CC)c1OCCCCCCOCC=NOC(C)(C)C. The van der Waals surface area contributed by atoms with E-state index in [-0.39, 0.29) is 10.1 Å². The Kier molecular flexibility index (Phi) is 14.5. The molecule has 5 nitrogen and oxygen atoms in total. The maximum Gasteiger partial charge on any atom is 0.129 e. The number of hydrogen-bond acceptors (Lipinski definition) is 5. The van der Waals surface area contributed by atoms with Crippen molar-refractivity contribution in [3.63, 3.8) is 0 Å². The van der Waals surface area contributed by atoms with Crippen LogP contribution in [0, 0.1) is 0 Å². The average molecular weight is 488 g/mol. The summed E-state index contributed by atoms with van der Waals surface area (Å²) in [6.07, 6.45) is 9.33. The van der Waals surface area contributed by atoms with Gasteiger partial charge in [-0.3, -0.25) is 0 Å². The van der Waals surface area contributed by atoms with Gasteiger partial charge >= 0.3 is 0 Å². The molecule has 0 amide bonds. The Balaban J connectivity index is 2.31. The van der Waals surface area contributed by atoms with Crippen LogP contribution in [-0.4, -0.2) is 38.2 Å². The number of rotatable bonds is 16. The Morgan fingerprint density at radius 2 is 1.53 bits per heavy atom. The van der Waals surface area contributed by atoms with E-state index in [1.807, 2.05) is 32.9 Å². The maximum absolute atomic E-state index is 6.17. The highest BCUT2D eigenvalue weighted by molar-refractivity contribution is 6.55. The minimum absolute atomic E-state index is 0.211. The lowest BCUT2D eigenvalue weighted by Gasteiger charge is -2.17. The molecule has 182 valence electrons. The first-order valence-electron chi connectivity index (χ1n) is 11.5. The van der Waals surface area contributed by atoms with Crippen molar-refractivity contribution < 1.29 is 19.0 Å². The summed E-state index contributed by atoms with van der Waals surface area (Å²) in [4.78, 5) is 5.26. The van der Waals surface area contributed by atoms with Gasteiger partial charge in [0.1, 0.15) is 28.2 Å². The van der Waals surface area contributed by atoms with Crippen LogP contribution < -0.4 is 9.47 Å². The van der Waals surface area contributed by atoms with Crippen LogP contribution in [0.5, 0.6) is 11.5 Å². The number of ether oxygens (including phenoxy) is 3. The van der Waals surface area contributed by atoms with Gasteiger partial charge in [-0.15, -0.1) is 0 Å². The highest BCUT2D eigenvalue weighted by Crippen LogP contribution is 2.31. The minimum Gasteiger partial charge on any atom is -0.493 e. The van der Waals surface area contributed by atoms with Crippen LogP contribution in [0.2, 0.25) is 0 Å². The largest absolute Gasteiger partial charge is 0.493 e. The first-order valence-corrected chi connectivity index (χ1v) is 12.2. The molecular weight excluding hydrogens is 449 g/mol. The number of benzene rings is 1. The molecule has 32 heavy (non-hydrogen) atoms. The van der Waals surface area contributed by atoms with Crippen LogP contribution in [0.4, 0.5) is 0 Å². The van der Waals surface area contributed by atoms with Crippen molar-refractivity contribution in [2.45, 2.75) is 78.7 Å². The normalized spacial score (nSPS) is 11.6. The van der Waals surface area contributed by atoms with Gasteiger partial charge in [0.05, 0.1) is 19.4 Å². The molecule has 0 aromatic heterocycles. The first kappa shape index (κ1) is 28.6. The van der Waals surface area contributed by atoms with Crippen LogP contribution in [0.15, 0.2) is 27.9 Å². The van der Waals surface area contributed by atoms with E-state index in [0.717, 1.165) is 67.8 Å². The third kappa shape index (κ3) is 13.2. The summed E-state index contributed by atoms with van der Waals surface area (Å²) in [6.45, 7) is 12.4. The van der Waals surface area contributed by atoms with Gasteiger partial charge in [-0.25, -0.2) is 0 Å². The lowest BCUT2D eigenvalue weighted by Crippen LogP contribution is -2.15. The zero-order valence-corrected chi connectivity index (χ0v) is 21.7. The van der Waals surface area contributed by atoms with Gasteiger partial charge in [-0.05, 0) is 82.2 Å². The van der Waals surface area contributed by atoms with Crippen molar-refractivity contribution >= 4 is 29.4 Å². The van der Waals surface area contributed by atoms with Crippen molar-refractivity contribution in [1.82, 2.24) is 0 Å². The molecule has 0 aliphatic heterocycles. The standard InChI is InChI=1S/C25H39Cl2NO4/c1-6-20-18-22(30-16-12-23(26)27)19-21(7-2)24(20)31-15-11-9-8-10-14-29-17-13-28-32-25(3,4)5/h12-13,18-19H,6-11,14-17H2,1-5H3. The predicted molar refractivity (Wildman–Crippen MR) is 135 cm³/mol. The van der Waals surface area contributed by atoms with Crippen LogP contribution in [0.3, 0.4) is 0 Å². The molecule has 0 fully saturated rings. The van der Waals surface area contributed by atoms with E-state index in [1.165, 1.54) is 0 Å². The van der Waals surface area contributed by atoms with E-state index in [4.69, 9.17) is 42.3 Å². The van der Waals surface area contributed by atoms with Crippen molar-refractivity contribution in [2.75, 3.05) is 26.4 Å². The van der Waals surface area contributed by atoms with E-state index in [9.17, 15) is 0 Å². The van der Waals surface area contributed by atoms with Gasteiger partial charge in [0, 0.05) is 6.61 Å². The molecule has 0 radical (unpaired) electrons. The van der Waals surface area contributed by atoms with Gasteiger partial charge in [0.2, 0.25) is 0 Å². The second-order valence-electron chi connectivity index (χ2n) is 8.41. The molecule has 1 aromatic rings. The lowest BCUT2D eigenvalue weighted by atomic mass is 10.0. The second-order valence-corrected chi connectivity index (χ2v) is 9.42. The van der Waals surface area contributed by atoms with Crippen LogP contribution in [0.25, 0.3) is 0 Å². The molecule has 0 spiro atoms. The van der Waals surface area contributed by atoms with E-state index in [2.05, 4.69) is 19.0 Å². The molecule has 0 saturated heterocycles. The summed E-state index contributed by atoms with van der Waals surface area (Å²) in [6, 6.07) is 4.08. The number of hydrogen-bond donors (Lipinski definition) is 0. The van der Waals surface area contributed by atoms with Gasteiger partial charge in [-0.1, -0.05) is 48.6 Å². The molecule has 0 unspecified atom stereocenters. The summed E-state index contributed by atoms with van der Waals surface area (Å²) >= 11 is 11.3. The van der Waals surface area contributed by atoms with E-state index in [1.54, 1.807) is 12.3 Å². The Morgan fingerprint density at radius 3 is 2.09 bits per heavy atom. The molecule has 0 aliphatic carbocycles. The highest BCUT2D eigenvalue weighted by atomic mass is 35.5. The number of unbranched alkanes of at least 4 members (excludes halogenated alkanes) is 3. The smallest absolute Gasteiger partial charge is 0.129 e. The molecule has 0 bridgehead atoms. The zero-order chi connectivity index (χ0) is 23.8. The number of oxime groups is 1. The van der Waals surface area contributed by atoms with Gasteiger partial charge in [0.15, 0.2) is 0 Å². The van der Waals surface area contributed by atoms with Crippen LogP contribution >= 0.6 is 23.2 Å². The first-order chi connectivity index (χ1) is 15.3. The summed E-state index contributed by atoms with van der Waals surface area (Å²) in [7, 11) is 0. The van der Waals surface area contributed by atoms with E-state index >= 15 is 0 Å². The Morgan fingerprint density at radius 1 is 0.906 bits per heavy atom. The fourth-order valence-electron chi connectivity index (χ4n) is 2.91. The summed E-state index contributed by atoms with van der Waals surface area (Å²) in [5, 5.41) is 3.90. The van der Waals surface area contributed by atoms with Crippen molar-refractivity contribution in [3.8, 4) is 11.5 Å². The quantitative estimate of drug-likeness (QED) is 0.140. The summed E-state index contributed by atoms with van der Waals surface area (Å²) in [5.74, 6) is 1.81. The monoisotopic (exact) mass is 487 g/mol. The Labute approximate surface area is 204 Å². The molecule has 1 aromatic carbocycles. The molecule has 0 heterocycles. The summed E-state index contributed by atoms with van der Waals surface area (Å²) in [5.41, 5.74) is 2.05. The third-order valence-electron chi connectivity index (χ3n) is 4.49. The Bertz CT molecular complexity index is 685. The topological polar surface area (TPSA) is 49.3 Å². The molecule has 7 heteroatoms. The molecule has 0 aliphatic rings.